The third-order valence-corrected chi connectivity index (χ3v) is 1.45. The first-order valence-corrected chi connectivity index (χ1v) is 3.70. The summed E-state index contributed by atoms with van der Waals surface area (Å²) in [5.74, 6) is -1.22. The van der Waals surface area contributed by atoms with Gasteiger partial charge in [0.2, 0.25) is 0 Å². The average Bonchev–Trinajstić information content (AvgIpc) is 2.55. The van der Waals surface area contributed by atoms with Crippen LogP contribution in [0.5, 0.6) is 0 Å². The van der Waals surface area contributed by atoms with Crippen molar-refractivity contribution in [2.45, 2.75) is 0 Å². The molecular formula is C13H10O. The zero-order chi connectivity index (χ0) is 18.5. The summed E-state index contributed by atoms with van der Waals surface area (Å²) in [6.07, 6.45) is 0. The van der Waals surface area contributed by atoms with Gasteiger partial charge in [-0.05, 0) is 0 Å². The molecule has 0 unspecified atom stereocenters. The van der Waals surface area contributed by atoms with Crippen LogP contribution in [-0.4, -0.2) is 5.78 Å². The van der Waals surface area contributed by atoms with Crippen molar-refractivity contribution < 1.29 is 18.5 Å². The van der Waals surface area contributed by atoms with Gasteiger partial charge < -0.3 is 0 Å². The quantitative estimate of drug-likeness (QED) is 0.529. The van der Waals surface area contributed by atoms with Crippen LogP contribution in [0.4, 0.5) is 0 Å². The van der Waals surface area contributed by atoms with Gasteiger partial charge in [0.05, 0.1) is 13.7 Å². The lowest BCUT2D eigenvalue weighted by molar-refractivity contribution is 0.103. The molecule has 0 amide bonds. The number of rotatable bonds is 2. The molecule has 0 N–H and O–H groups in total. The summed E-state index contributed by atoms with van der Waals surface area (Å²) in [7, 11) is 0. The van der Waals surface area contributed by atoms with Gasteiger partial charge in [-0.2, -0.15) is 0 Å². The first-order valence-electron chi connectivity index (χ1n) is 8.70. The topological polar surface area (TPSA) is 17.1 Å². The first-order chi connectivity index (χ1) is 11.0. The fraction of sp³-hybridized carbons (Fsp3) is 0. The lowest BCUT2D eigenvalue weighted by atomic mass is 10.2. The van der Waals surface area contributed by atoms with E-state index >= 15 is 0 Å². The molecule has 2 aromatic rings. The van der Waals surface area contributed by atoms with Gasteiger partial charge in [-0.15, -0.1) is 0 Å². The Morgan fingerprint density at radius 1 is 0.786 bits per heavy atom. The lowest BCUT2D eigenvalue weighted by Crippen LogP contribution is -1.99. The van der Waals surface area contributed by atoms with Gasteiger partial charge in [0.1, 0.15) is 0 Å². The maximum Gasteiger partial charge on any atom is 0.193 e. The van der Waals surface area contributed by atoms with Crippen molar-refractivity contribution in [2.24, 2.45) is 0 Å². The van der Waals surface area contributed by atoms with Crippen LogP contribution in [0.25, 0.3) is 0 Å². The molecule has 2 rings (SSSR count). The molecule has 0 aromatic heterocycles. The molecular weight excluding hydrogens is 173 g/mol. The Bertz CT molecular complexity index is 760. The van der Waals surface area contributed by atoms with Crippen molar-refractivity contribution in [2.75, 3.05) is 0 Å². The Morgan fingerprint density at radius 2 is 1.14 bits per heavy atom. The summed E-state index contributed by atoms with van der Waals surface area (Å²) >= 11 is 0. The maximum atomic E-state index is 12.6. The van der Waals surface area contributed by atoms with E-state index in [1.165, 1.54) is 0 Å². The highest BCUT2D eigenvalue weighted by Crippen LogP contribution is 2.08. The highest BCUT2D eigenvalue weighted by Gasteiger charge is 2.06. The Labute approximate surface area is 97.1 Å². The molecule has 1 nitrogen and oxygen atoms in total. The maximum absolute atomic E-state index is 12.6. The Hall–Kier alpha value is -1.89. The Balaban J connectivity index is 2.87. The molecule has 2 aromatic carbocycles. The Kier molecular flexibility index (Phi) is 0.775. The van der Waals surface area contributed by atoms with Crippen molar-refractivity contribution in [3.63, 3.8) is 0 Å². The molecule has 1 heteroatoms. The summed E-state index contributed by atoms with van der Waals surface area (Å²) in [6, 6.07) is -7.53. The van der Waals surface area contributed by atoms with Gasteiger partial charge in [-0.25, -0.2) is 0 Å². The fourth-order valence-corrected chi connectivity index (χ4v) is 0.852. The van der Waals surface area contributed by atoms with Crippen LogP contribution in [0, 0.1) is 0 Å². The van der Waals surface area contributed by atoms with Crippen molar-refractivity contribution in [1.29, 1.82) is 0 Å². The molecule has 14 heavy (non-hydrogen) atoms. The second kappa shape index (κ2) is 3.88. The standard InChI is InChI=1S/C13H10O/c14-13(11-7-3-1-4-8-11)12-9-5-2-6-10-12/h1-10H/i1D,2D,3D,4D,5D,6D,7D,8D,9D,10D,13+1. The third-order valence-electron chi connectivity index (χ3n) is 1.45. The van der Waals surface area contributed by atoms with Crippen molar-refractivity contribution >= 4 is 5.78 Å². The second-order valence-electron chi connectivity index (χ2n) is 2.33. The third kappa shape index (κ3) is 1.72. The van der Waals surface area contributed by atoms with Crippen LogP contribution in [0.2, 0.25) is 0 Å². The van der Waals surface area contributed by atoms with E-state index in [4.69, 9.17) is 13.7 Å². The van der Waals surface area contributed by atoms with E-state index in [2.05, 4.69) is 0 Å². The number of carbonyl (C=O) groups excluding carboxylic acids is 1. The monoisotopic (exact) mass is 193 g/mol. The van der Waals surface area contributed by atoms with Gasteiger partial charge in [-0.3, -0.25) is 4.79 Å². The van der Waals surface area contributed by atoms with Crippen LogP contribution in [0.1, 0.15) is 29.6 Å². The minimum absolute atomic E-state index is 0.692. The number of ketones is 1. The molecule has 0 fully saturated rings. The van der Waals surface area contributed by atoms with Crippen molar-refractivity contribution in [3.05, 3.63) is 71.6 Å². The van der Waals surface area contributed by atoms with E-state index in [0.29, 0.717) is 0 Å². The number of hydrogen-bond acceptors (Lipinski definition) is 1. The molecule has 0 aliphatic carbocycles. The second-order valence-corrected chi connectivity index (χ2v) is 2.33. The number of hydrogen-bond donors (Lipinski definition) is 0. The van der Waals surface area contributed by atoms with Gasteiger partial charge >= 0.3 is 0 Å². The van der Waals surface area contributed by atoms with Crippen molar-refractivity contribution in [1.82, 2.24) is 0 Å². The molecule has 68 valence electrons. The first kappa shape index (κ1) is 2.80. The fourth-order valence-electron chi connectivity index (χ4n) is 0.852. The molecule has 0 spiro atoms. The van der Waals surface area contributed by atoms with Gasteiger partial charge in [0, 0.05) is 11.1 Å². The van der Waals surface area contributed by atoms with E-state index < -0.39 is 77.3 Å². The summed E-state index contributed by atoms with van der Waals surface area (Å²) in [5.41, 5.74) is -1.47. The van der Waals surface area contributed by atoms with E-state index in [9.17, 15) is 4.79 Å². The zero-order valence-electron chi connectivity index (χ0n) is 16.9. The minimum Gasteiger partial charge on any atom is -0.289 e. The van der Waals surface area contributed by atoms with Crippen LogP contribution < -0.4 is 0 Å². The summed E-state index contributed by atoms with van der Waals surface area (Å²) in [4.78, 5) is 12.6. The summed E-state index contributed by atoms with van der Waals surface area (Å²) in [5, 5.41) is 0. The Morgan fingerprint density at radius 3 is 1.50 bits per heavy atom. The van der Waals surface area contributed by atoms with Crippen LogP contribution in [-0.2, 0) is 0 Å². The SMILES string of the molecule is [2H]c1c([2H])c([2H])c([13C](=O)c2c([2H])c([2H])c([2H])c([2H])c2[2H])c([2H])c1[2H]. The molecule has 0 heterocycles. The minimum atomic E-state index is -1.22. The molecule has 0 saturated heterocycles. The van der Waals surface area contributed by atoms with E-state index in [-0.39, 0.29) is 0 Å². The largest absolute Gasteiger partial charge is 0.289 e. The predicted octanol–water partition coefficient (Wildman–Crippen LogP) is 2.92. The zero-order valence-corrected chi connectivity index (χ0v) is 6.91. The van der Waals surface area contributed by atoms with Crippen LogP contribution in [0.15, 0.2) is 60.4 Å². The highest BCUT2D eigenvalue weighted by atomic mass is 16.2. The molecule has 0 atom stereocenters. The van der Waals surface area contributed by atoms with Gasteiger partial charge in [0.15, 0.2) is 5.78 Å². The summed E-state index contributed by atoms with van der Waals surface area (Å²) < 4.78 is 76.3. The molecule has 0 bridgehead atoms. The summed E-state index contributed by atoms with van der Waals surface area (Å²) in [6.45, 7) is 0. The van der Waals surface area contributed by atoms with E-state index in [0.717, 1.165) is 0 Å². The molecule has 0 aliphatic rings. The number of benzene rings is 2. The van der Waals surface area contributed by atoms with Crippen LogP contribution in [0.3, 0.4) is 0 Å². The normalized spacial score (nSPS) is 19.7. The van der Waals surface area contributed by atoms with E-state index in [1.807, 2.05) is 0 Å². The molecule has 0 saturated carbocycles. The van der Waals surface area contributed by atoms with Crippen LogP contribution >= 0.6 is 0 Å². The predicted molar refractivity (Wildman–Crippen MR) is 56.3 cm³/mol. The average molecular weight is 193 g/mol. The van der Waals surface area contributed by atoms with Gasteiger partial charge in [0.25, 0.3) is 0 Å². The molecule has 0 radical (unpaired) electrons. The van der Waals surface area contributed by atoms with E-state index in [1.54, 1.807) is 0 Å². The van der Waals surface area contributed by atoms with Crippen molar-refractivity contribution in [3.8, 4) is 0 Å². The number of carbonyl (C=O) groups is 1. The molecule has 0 aliphatic heterocycles. The smallest absolute Gasteiger partial charge is 0.193 e. The highest BCUT2D eigenvalue weighted by molar-refractivity contribution is 6.08. The van der Waals surface area contributed by atoms with Gasteiger partial charge in [-0.1, -0.05) is 60.4 Å². The lowest BCUT2D eigenvalue weighted by Gasteiger charge is -1.99.